The summed E-state index contributed by atoms with van der Waals surface area (Å²) in [5, 5.41) is 0.729. The molecule has 0 saturated carbocycles. The van der Waals surface area contributed by atoms with Gasteiger partial charge in [0.15, 0.2) is 0 Å². The number of morpholine rings is 1. The maximum atomic E-state index is 12.7. The number of ether oxygens (including phenoxy) is 1. The normalized spacial score (nSPS) is 28.8. The number of halogens is 1. The van der Waals surface area contributed by atoms with Crippen molar-refractivity contribution in [3.05, 3.63) is 34.9 Å². The first-order valence-corrected chi connectivity index (χ1v) is 8.22. The highest BCUT2D eigenvalue weighted by atomic mass is 35.5. The van der Waals surface area contributed by atoms with Gasteiger partial charge < -0.3 is 9.64 Å². The summed E-state index contributed by atoms with van der Waals surface area (Å²) in [7, 11) is 0. The molecule has 2 fully saturated rings. The Morgan fingerprint density at radius 1 is 1.41 bits per heavy atom. The number of carbonyl (C=O) groups excluding carboxylic acids is 1. The van der Waals surface area contributed by atoms with E-state index in [0.29, 0.717) is 26.1 Å². The monoisotopic (exact) mass is 323 g/mol. The Kier molecular flexibility index (Phi) is 4.98. The Bertz CT molecular complexity index is 540. The van der Waals surface area contributed by atoms with E-state index in [1.54, 1.807) is 0 Å². The highest BCUT2D eigenvalue weighted by molar-refractivity contribution is 6.31. The van der Waals surface area contributed by atoms with E-state index in [4.69, 9.17) is 16.3 Å². The fourth-order valence-electron chi connectivity index (χ4n) is 3.07. The van der Waals surface area contributed by atoms with Gasteiger partial charge in [-0.2, -0.15) is 0 Å². The van der Waals surface area contributed by atoms with Gasteiger partial charge in [0.2, 0.25) is 5.91 Å². The molecule has 2 heterocycles. The summed E-state index contributed by atoms with van der Waals surface area (Å²) in [5.74, 6) is 0.142. The number of hydrogen-bond acceptors (Lipinski definition) is 4. The first kappa shape index (κ1) is 15.7. The van der Waals surface area contributed by atoms with E-state index < -0.39 is 0 Å². The summed E-state index contributed by atoms with van der Waals surface area (Å²) < 4.78 is 5.63. The van der Waals surface area contributed by atoms with E-state index in [0.717, 1.165) is 17.0 Å². The van der Waals surface area contributed by atoms with Crippen LogP contribution in [-0.4, -0.2) is 42.6 Å². The SMILES string of the molecule is CCC1CN(C(=O)C2CC(c3ccccc3Cl)NN2)CCO1. The first-order valence-electron chi connectivity index (χ1n) is 7.85. The highest BCUT2D eigenvalue weighted by Crippen LogP contribution is 2.28. The molecule has 120 valence electrons. The number of nitrogens with one attached hydrogen (secondary N) is 2. The van der Waals surface area contributed by atoms with E-state index >= 15 is 0 Å². The second-order valence-corrected chi connectivity index (χ2v) is 6.24. The van der Waals surface area contributed by atoms with Crippen LogP contribution >= 0.6 is 11.6 Å². The molecule has 0 bridgehead atoms. The number of amides is 1. The Morgan fingerprint density at radius 3 is 3.00 bits per heavy atom. The standard InChI is InChI=1S/C16H22ClN3O2/c1-2-11-10-20(7-8-22-11)16(21)15-9-14(18-19-15)12-5-3-4-6-13(12)17/h3-6,11,14-15,18-19H,2,7-10H2,1H3. The molecule has 0 radical (unpaired) electrons. The quantitative estimate of drug-likeness (QED) is 0.892. The average molecular weight is 324 g/mol. The zero-order chi connectivity index (χ0) is 15.5. The largest absolute Gasteiger partial charge is 0.375 e. The van der Waals surface area contributed by atoms with Crippen molar-refractivity contribution in [3.63, 3.8) is 0 Å². The van der Waals surface area contributed by atoms with Crippen molar-refractivity contribution in [1.29, 1.82) is 0 Å². The van der Waals surface area contributed by atoms with E-state index in [1.807, 2.05) is 29.2 Å². The summed E-state index contributed by atoms with van der Waals surface area (Å²) in [5.41, 5.74) is 7.35. The lowest BCUT2D eigenvalue weighted by molar-refractivity contribution is -0.140. The Hall–Kier alpha value is -1.14. The maximum Gasteiger partial charge on any atom is 0.241 e. The van der Waals surface area contributed by atoms with Crippen LogP contribution in [0, 0.1) is 0 Å². The van der Waals surface area contributed by atoms with E-state index in [1.165, 1.54) is 0 Å². The molecule has 5 nitrogen and oxygen atoms in total. The van der Waals surface area contributed by atoms with Crippen LogP contribution in [0.15, 0.2) is 24.3 Å². The van der Waals surface area contributed by atoms with Crippen molar-refractivity contribution in [2.45, 2.75) is 38.0 Å². The number of benzene rings is 1. The third-order valence-electron chi connectivity index (χ3n) is 4.39. The zero-order valence-electron chi connectivity index (χ0n) is 12.7. The van der Waals surface area contributed by atoms with Gasteiger partial charge in [-0.25, -0.2) is 10.9 Å². The molecule has 0 spiro atoms. The summed E-state index contributed by atoms with van der Waals surface area (Å²) in [6.07, 6.45) is 1.80. The van der Waals surface area contributed by atoms with Crippen LogP contribution in [0.5, 0.6) is 0 Å². The van der Waals surface area contributed by atoms with Gasteiger partial charge in [0.25, 0.3) is 0 Å². The van der Waals surface area contributed by atoms with Crippen LogP contribution in [0.4, 0.5) is 0 Å². The van der Waals surface area contributed by atoms with E-state index in [9.17, 15) is 4.79 Å². The molecule has 1 aromatic carbocycles. The molecule has 1 amide bonds. The van der Waals surface area contributed by atoms with Crippen molar-refractivity contribution in [2.75, 3.05) is 19.7 Å². The zero-order valence-corrected chi connectivity index (χ0v) is 13.5. The molecule has 22 heavy (non-hydrogen) atoms. The third-order valence-corrected chi connectivity index (χ3v) is 4.73. The minimum Gasteiger partial charge on any atom is -0.375 e. The molecule has 2 N–H and O–H groups in total. The molecule has 0 aromatic heterocycles. The topological polar surface area (TPSA) is 53.6 Å². The van der Waals surface area contributed by atoms with Gasteiger partial charge in [-0.05, 0) is 24.5 Å². The second-order valence-electron chi connectivity index (χ2n) is 5.84. The maximum absolute atomic E-state index is 12.7. The lowest BCUT2D eigenvalue weighted by atomic mass is 10.0. The average Bonchev–Trinajstić information content (AvgIpc) is 3.04. The Labute approximate surface area is 135 Å². The minimum atomic E-state index is -0.211. The van der Waals surface area contributed by atoms with Gasteiger partial charge in [0.1, 0.15) is 6.04 Å². The molecule has 0 aliphatic carbocycles. The lowest BCUT2D eigenvalue weighted by Gasteiger charge is -2.33. The van der Waals surface area contributed by atoms with Gasteiger partial charge in [-0.1, -0.05) is 36.7 Å². The van der Waals surface area contributed by atoms with Crippen molar-refractivity contribution in [2.24, 2.45) is 0 Å². The first-order chi connectivity index (χ1) is 10.7. The lowest BCUT2D eigenvalue weighted by Crippen LogP contribution is -2.52. The van der Waals surface area contributed by atoms with E-state index in [2.05, 4.69) is 17.8 Å². The van der Waals surface area contributed by atoms with Crippen LogP contribution in [0.25, 0.3) is 0 Å². The number of carbonyl (C=O) groups is 1. The second kappa shape index (κ2) is 6.96. The smallest absolute Gasteiger partial charge is 0.241 e. The molecular formula is C16H22ClN3O2. The summed E-state index contributed by atoms with van der Waals surface area (Å²) >= 11 is 6.24. The van der Waals surface area contributed by atoms with Crippen molar-refractivity contribution < 1.29 is 9.53 Å². The fraction of sp³-hybridized carbons (Fsp3) is 0.562. The Balaban J connectivity index is 1.62. The molecule has 1 aromatic rings. The van der Waals surface area contributed by atoms with Crippen LogP contribution in [0.1, 0.15) is 31.4 Å². The fourth-order valence-corrected chi connectivity index (χ4v) is 3.33. The number of nitrogens with zero attached hydrogens (tertiary/aromatic N) is 1. The minimum absolute atomic E-state index is 0.0608. The molecule has 2 saturated heterocycles. The number of hydrazine groups is 1. The Morgan fingerprint density at radius 2 is 2.23 bits per heavy atom. The molecule has 3 atom stereocenters. The van der Waals surface area contributed by atoms with Crippen LogP contribution < -0.4 is 10.9 Å². The van der Waals surface area contributed by atoms with Crippen LogP contribution in [-0.2, 0) is 9.53 Å². The summed E-state index contributed by atoms with van der Waals surface area (Å²) in [6, 6.07) is 7.60. The highest BCUT2D eigenvalue weighted by Gasteiger charge is 2.35. The number of rotatable bonds is 3. The molecular weight excluding hydrogens is 302 g/mol. The van der Waals surface area contributed by atoms with Crippen molar-refractivity contribution >= 4 is 17.5 Å². The molecule has 3 rings (SSSR count). The predicted molar refractivity (Wildman–Crippen MR) is 85.5 cm³/mol. The van der Waals surface area contributed by atoms with Crippen LogP contribution in [0.2, 0.25) is 5.02 Å². The molecule has 3 unspecified atom stereocenters. The van der Waals surface area contributed by atoms with Gasteiger partial charge in [-0.15, -0.1) is 0 Å². The molecule has 2 aliphatic rings. The van der Waals surface area contributed by atoms with E-state index in [-0.39, 0.29) is 24.1 Å². The van der Waals surface area contributed by atoms with Gasteiger partial charge in [0, 0.05) is 24.2 Å². The number of hydrogen-bond donors (Lipinski definition) is 2. The van der Waals surface area contributed by atoms with Gasteiger partial charge in [0.05, 0.1) is 12.7 Å². The summed E-state index contributed by atoms with van der Waals surface area (Å²) in [6.45, 7) is 4.06. The van der Waals surface area contributed by atoms with Crippen LogP contribution in [0.3, 0.4) is 0 Å². The molecule has 2 aliphatic heterocycles. The van der Waals surface area contributed by atoms with Crippen molar-refractivity contribution in [1.82, 2.24) is 15.8 Å². The van der Waals surface area contributed by atoms with Crippen molar-refractivity contribution in [3.8, 4) is 0 Å². The summed E-state index contributed by atoms with van der Waals surface area (Å²) in [4.78, 5) is 14.6. The predicted octanol–water partition coefficient (Wildman–Crippen LogP) is 1.88. The third kappa shape index (κ3) is 3.27. The molecule has 6 heteroatoms. The van der Waals surface area contributed by atoms with Gasteiger partial charge >= 0.3 is 0 Å². The van der Waals surface area contributed by atoms with Gasteiger partial charge in [-0.3, -0.25) is 4.79 Å².